The molecule has 2 heterocycles. The highest BCUT2D eigenvalue weighted by Crippen LogP contribution is 2.44. The standard InChI is InChI=1S/C25H27F3N4O3/c26-25(27,28)24(35)18(19(29)15-11-13-30-14-12-15)22(32-23(34)21(24)33)31-20(16-7-3-1-4-8-16)17-9-5-2-6-10-17/h1-10,15,20-21,29-31,33,35H,11-14H2,(H,32,34). The third kappa shape index (κ3) is 4.69. The second-order valence-electron chi connectivity index (χ2n) is 8.74. The summed E-state index contributed by atoms with van der Waals surface area (Å²) in [4.78, 5) is 12.5. The minimum absolute atomic E-state index is 0.383. The lowest BCUT2D eigenvalue weighted by Crippen LogP contribution is -2.67. The molecule has 0 aliphatic carbocycles. The molecule has 0 radical (unpaired) electrons. The van der Waals surface area contributed by atoms with E-state index in [1.54, 1.807) is 60.7 Å². The maximum absolute atomic E-state index is 14.3. The second-order valence-corrected chi connectivity index (χ2v) is 8.74. The summed E-state index contributed by atoms with van der Waals surface area (Å²) in [6, 6.07) is 17.1. The van der Waals surface area contributed by atoms with Crippen molar-refractivity contribution < 1.29 is 28.2 Å². The molecule has 0 spiro atoms. The number of alkyl halides is 3. The highest BCUT2D eigenvalue weighted by molar-refractivity contribution is 6.05. The van der Waals surface area contributed by atoms with Crippen molar-refractivity contribution >= 4 is 11.6 Å². The Hall–Kier alpha value is -3.21. The molecule has 2 aromatic carbocycles. The summed E-state index contributed by atoms with van der Waals surface area (Å²) in [5.41, 5.74) is -3.89. The Labute approximate surface area is 200 Å². The highest BCUT2D eigenvalue weighted by atomic mass is 19.4. The minimum Gasteiger partial charge on any atom is -0.380 e. The van der Waals surface area contributed by atoms with Crippen molar-refractivity contribution in [3.05, 3.63) is 83.2 Å². The molecule has 1 amide bonds. The molecule has 7 nitrogen and oxygen atoms in total. The molecule has 0 aromatic heterocycles. The van der Waals surface area contributed by atoms with E-state index < -0.39 is 52.9 Å². The average molecular weight is 489 g/mol. The third-order valence-electron chi connectivity index (χ3n) is 6.53. The number of hydrogen-bond donors (Lipinski definition) is 6. The molecule has 2 unspecified atom stereocenters. The van der Waals surface area contributed by atoms with Crippen LogP contribution in [0, 0.1) is 11.3 Å². The van der Waals surface area contributed by atoms with Crippen LogP contribution in [-0.4, -0.2) is 52.8 Å². The van der Waals surface area contributed by atoms with Crippen molar-refractivity contribution in [2.75, 3.05) is 13.1 Å². The van der Waals surface area contributed by atoms with Gasteiger partial charge in [0.25, 0.3) is 5.91 Å². The SMILES string of the molecule is N=C(C1=C(NC(c2ccccc2)c2ccccc2)NC(=O)C(O)C1(O)C(F)(F)F)C1CCNCC1. The first-order valence-corrected chi connectivity index (χ1v) is 11.3. The van der Waals surface area contributed by atoms with Crippen LogP contribution in [-0.2, 0) is 4.79 Å². The second kappa shape index (κ2) is 9.80. The van der Waals surface area contributed by atoms with E-state index in [2.05, 4.69) is 16.0 Å². The summed E-state index contributed by atoms with van der Waals surface area (Å²) >= 11 is 0. The monoisotopic (exact) mass is 488 g/mol. The van der Waals surface area contributed by atoms with Crippen LogP contribution in [0.4, 0.5) is 13.2 Å². The Bertz CT molecular complexity index is 1060. The maximum atomic E-state index is 14.3. The van der Waals surface area contributed by atoms with Gasteiger partial charge in [0.15, 0.2) is 6.10 Å². The van der Waals surface area contributed by atoms with Gasteiger partial charge in [0.1, 0.15) is 5.82 Å². The van der Waals surface area contributed by atoms with Crippen LogP contribution in [0.2, 0.25) is 0 Å². The van der Waals surface area contributed by atoms with Crippen LogP contribution in [0.5, 0.6) is 0 Å². The molecular formula is C25H27F3N4O3. The van der Waals surface area contributed by atoms with Gasteiger partial charge in [-0.05, 0) is 37.1 Å². The molecule has 35 heavy (non-hydrogen) atoms. The van der Waals surface area contributed by atoms with Gasteiger partial charge in [0.05, 0.1) is 11.6 Å². The first-order chi connectivity index (χ1) is 16.6. The van der Waals surface area contributed by atoms with Gasteiger partial charge in [-0.25, -0.2) is 0 Å². The summed E-state index contributed by atoms with van der Waals surface area (Å²) in [5, 5.41) is 38.3. The first kappa shape index (κ1) is 24.9. The number of amides is 1. The summed E-state index contributed by atoms with van der Waals surface area (Å²) in [6.07, 6.45) is -7.47. The van der Waals surface area contributed by atoms with Crippen LogP contribution in [0.1, 0.15) is 30.0 Å². The molecule has 6 N–H and O–H groups in total. The van der Waals surface area contributed by atoms with Crippen LogP contribution in [0.15, 0.2) is 72.1 Å². The van der Waals surface area contributed by atoms with E-state index in [1.807, 2.05) is 0 Å². The third-order valence-corrected chi connectivity index (χ3v) is 6.53. The maximum Gasteiger partial charge on any atom is 0.424 e. The van der Waals surface area contributed by atoms with E-state index in [0.29, 0.717) is 37.1 Å². The van der Waals surface area contributed by atoms with Crippen molar-refractivity contribution in [3.63, 3.8) is 0 Å². The Morgan fingerprint density at radius 1 is 1.03 bits per heavy atom. The Morgan fingerprint density at radius 2 is 1.54 bits per heavy atom. The van der Waals surface area contributed by atoms with E-state index in [9.17, 15) is 28.2 Å². The highest BCUT2D eigenvalue weighted by Gasteiger charge is 2.67. The fourth-order valence-electron chi connectivity index (χ4n) is 4.63. The number of benzene rings is 2. The van der Waals surface area contributed by atoms with Crippen LogP contribution < -0.4 is 16.0 Å². The Balaban J connectivity index is 1.89. The number of aliphatic hydroxyl groups excluding tert-OH is 1. The molecule has 2 atom stereocenters. The van der Waals surface area contributed by atoms with Gasteiger partial charge in [0, 0.05) is 11.6 Å². The van der Waals surface area contributed by atoms with Gasteiger partial charge in [-0.15, -0.1) is 0 Å². The number of nitrogens with one attached hydrogen (secondary N) is 4. The zero-order chi connectivity index (χ0) is 25.2. The molecular weight excluding hydrogens is 461 g/mol. The van der Waals surface area contributed by atoms with Crippen LogP contribution in [0.25, 0.3) is 0 Å². The van der Waals surface area contributed by atoms with E-state index in [1.165, 1.54) is 0 Å². The molecule has 4 rings (SSSR count). The summed E-state index contributed by atoms with van der Waals surface area (Å²) < 4.78 is 43.0. The molecule has 1 fully saturated rings. The van der Waals surface area contributed by atoms with Gasteiger partial charge >= 0.3 is 6.18 Å². The van der Waals surface area contributed by atoms with Gasteiger partial charge in [0.2, 0.25) is 5.60 Å². The van der Waals surface area contributed by atoms with Crippen molar-refractivity contribution in [1.29, 1.82) is 5.41 Å². The largest absolute Gasteiger partial charge is 0.424 e. The fourth-order valence-corrected chi connectivity index (χ4v) is 4.63. The smallest absolute Gasteiger partial charge is 0.380 e. The zero-order valence-corrected chi connectivity index (χ0v) is 18.8. The van der Waals surface area contributed by atoms with Gasteiger partial charge in [-0.1, -0.05) is 60.7 Å². The molecule has 186 valence electrons. The fraction of sp³-hybridized carbons (Fsp3) is 0.360. The van der Waals surface area contributed by atoms with E-state index in [-0.39, 0.29) is 0 Å². The van der Waals surface area contributed by atoms with Crippen LogP contribution >= 0.6 is 0 Å². The number of halogens is 3. The molecule has 2 aliphatic rings. The Morgan fingerprint density at radius 3 is 2.03 bits per heavy atom. The van der Waals surface area contributed by atoms with E-state index >= 15 is 0 Å². The quantitative estimate of drug-likeness (QED) is 0.349. The van der Waals surface area contributed by atoms with Gasteiger partial charge < -0.3 is 31.6 Å². The van der Waals surface area contributed by atoms with E-state index in [0.717, 1.165) is 0 Å². The van der Waals surface area contributed by atoms with Crippen molar-refractivity contribution in [2.45, 2.75) is 36.8 Å². The molecule has 0 saturated carbocycles. The summed E-state index contributed by atoms with van der Waals surface area (Å²) in [7, 11) is 0. The minimum atomic E-state index is -5.42. The predicted octanol–water partition coefficient (Wildman–Crippen LogP) is 2.38. The lowest BCUT2D eigenvalue weighted by molar-refractivity contribution is -0.270. The average Bonchev–Trinajstić information content (AvgIpc) is 2.86. The van der Waals surface area contributed by atoms with Crippen molar-refractivity contribution in [3.8, 4) is 0 Å². The summed E-state index contributed by atoms with van der Waals surface area (Å²) in [6.45, 7) is 0.998. The first-order valence-electron chi connectivity index (χ1n) is 11.3. The predicted molar refractivity (Wildman–Crippen MR) is 123 cm³/mol. The lowest BCUT2D eigenvalue weighted by Gasteiger charge is -2.43. The number of piperidine rings is 1. The topological polar surface area (TPSA) is 117 Å². The number of carbonyl (C=O) groups excluding carboxylic acids is 1. The van der Waals surface area contributed by atoms with Crippen molar-refractivity contribution in [1.82, 2.24) is 16.0 Å². The molecule has 2 aromatic rings. The molecule has 1 saturated heterocycles. The number of rotatable bonds is 6. The number of carbonyl (C=O) groups is 1. The summed E-state index contributed by atoms with van der Waals surface area (Å²) in [5.74, 6) is -2.44. The van der Waals surface area contributed by atoms with E-state index in [4.69, 9.17) is 5.41 Å². The lowest BCUT2D eigenvalue weighted by atomic mass is 9.76. The Kier molecular flexibility index (Phi) is 6.98. The number of aliphatic hydroxyl groups is 2. The van der Waals surface area contributed by atoms with Crippen molar-refractivity contribution in [2.24, 2.45) is 5.92 Å². The van der Waals surface area contributed by atoms with Crippen LogP contribution in [0.3, 0.4) is 0 Å². The normalized spacial score (nSPS) is 23.8. The molecule has 0 bridgehead atoms. The van der Waals surface area contributed by atoms with Gasteiger partial charge in [-0.3, -0.25) is 4.79 Å². The molecule has 2 aliphatic heterocycles. The zero-order valence-electron chi connectivity index (χ0n) is 18.8. The van der Waals surface area contributed by atoms with Gasteiger partial charge in [-0.2, -0.15) is 13.2 Å². The number of hydrogen-bond acceptors (Lipinski definition) is 6. The molecule has 10 heteroatoms.